The van der Waals surface area contributed by atoms with Gasteiger partial charge in [0, 0.05) is 0 Å². The Kier molecular flexibility index (Phi) is 4.73. The van der Waals surface area contributed by atoms with Crippen molar-refractivity contribution in [1.29, 1.82) is 0 Å². The van der Waals surface area contributed by atoms with Crippen LogP contribution in [0, 0.1) is 6.92 Å². The van der Waals surface area contributed by atoms with E-state index in [1.807, 2.05) is 0 Å². The second-order valence-electron chi connectivity index (χ2n) is 3.94. The highest BCUT2D eigenvalue weighted by Gasteiger charge is 2.18. The second kappa shape index (κ2) is 5.77. The number of anilines is 1. The number of aliphatic carboxylic acids is 1. The minimum Gasteiger partial charge on any atom is -0.480 e. The Balaban J connectivity index is 3.20. The summed E-state index contributed by atoms with van der Waals surface area (Å²) in [5.74, 6) is -2.61. The highest BCUT2D eigenvalue weighted by atomic mass is 32.2. The van der Waals surface area contributed by atoms with Crippen molar-refractivity contribution in [2.24, 2.45) is 0 Å². The first-order valence-electron chi connectivity index (χ1n) is 5.34. The molecule has 0 spiro atoms. The minimum absolute atomic E-state index is 0.0163. The summed E-state index contributed by atoms with van der Waals surface area (Å²) in [5.41, 5.74) is 0.483. The third kappa shape index (κ3) is 4.18. The van der Waals surface area contributed by atoms with Gasteiger partial charge in [-0.15, -0.1) is 0 Å². The maximum Gasteiger partial charge on any atom is 0.320 e. The lowest BCUT2D eigenvalue weighted by Crippen LogP contribution is -2.23. The topological polar surface area (TPSA) is 130 Å². The number of carbonyl (C=O) groups is 1. The molecule has 0 unspecified atom stereocenters. The molecule has 8 nitrogen and oxygen atoms in total. The number of carboxylic acid groups (broad SMARTS) is 1. The van der Waals surface area contributed by atoms with E-state index in [1.165, 1.54) is 19.2 Å². The van der Waals surface area contributed by atoms with E-state index in [9.17, 15) is 21.6 Å². The first-order chi connectivity index (χ1) is 9.07. The van der Waals surface area contributed by atoms with Crippen LogP contribution in [0.15, 0.2) is 23.1 Å². The number of hydrogen-bond acceptors (Lipinski definition) is 5. The van der Waals surface area contributed by atoms with Crippen molar-refractivity contribution in [3.63, 3.8) is 0 Å². The molecule has 0 amide bonds. The molecule has 0 heterocycles. The first kappa shape index (κ1) is 16.4. The van der Waals surface area contributed by atoms with Crippen molar-refractivity contribution in [3.8, 4) is 0 Å². The molecule has 0 fully saturated rings. The lowest BCUT2D eigenvalue weighted by Gasteiger charge is -2.11. The van der Waals surface area contributed by atoms with Crippen LogP contribution in [0.25, 0.3) is 0 Å². The van der Waals surface area contributed by atoms with Gasteiger partial charge in [0.25, 0.3) is 0 Å². The van der Waals surface area contributed by atoms with E-state index in [4.69, 9.17) is 5.11 Å². The Morgan fingerprint density at radius 1 is 1.25 bits per heavy atom. The lowest BCUT2D eigenvalue weighted by molar-refractivity contribution is -0.134. The number of carboxylic acids is 1. The summed E-state index contributed by atoms with van der Waals surface area (Å²) in [6.07, 6.45) is 0. The fourth-order valence-corrected chi connectivity index (χ4v) is 3.07. The van der Waals surface area contributed by atoms with Crippen LogP contribution in [0.3, 0.4) is 0 Å². The van der Waals surface area contributed by atoms with Crippen LogP contribution in [-0.4, -0.2) is 40.7 Å². The van der Waals surface area contributed by atoms with Gasteiger partial charge < -0.3 is 5.11 Å². The lowest BCUT2D eigenvalue weighted by atomic mass is 10.2. The molecule has 0 saturated carbocycles. The zero-order chi connectivity index (χ0) is 15.6. The van der Waals surface area contributed by atoms with E-state index in [0.29, 0.717) is 5.56 Å². The molecule has 10 heteroatoms. The van der Waals surface area contributed by atoms with Crippen molar-refractivity contribution in [2.45, 2.75) is 11.8 Å². The number of sulfonamides is 2. The van der Waals surface area contributed by atoms with Gasteiger partial charge in [-0.2, -0.15) is 0 Å². The van der Waals surface area contributed by atoms with E-state index in [-0.39, 0.29) is 10.6 Å². The highest BCUT2D eigenvalue weighted by molar-refractivity contribution is 7.93. The average molecular weight is 322 g/mol. The fourth-order valence-electron chi connectivity index (χ4n) is 1.36. The van der Waals surface area contributed by atoms with E-state index >= 15 is 0 Å². The van der Waals surface area contributed by atoms with Gasteiger partial charge in [-0.1, -0.05) is 6.07 Å². The van der Waals surface area contributed by atoms with Gasteiger partial charge in [-0.25, -0.2) is 21.6 Å². The zero-order valence-corrected chi connectivity index (χ0v) is 12.4. The molecule has 0 saturated heterocycles. The Morgan fingerprint density at radius 3 is 2.35 bits per heavy atom. The summed E-state index contributed by atoms with van der Waals surface area (Å²) in [5, 5.41) is 8.49. The van der Waals surface area contributed by atoms with Gasteiger partial charge in [0.05, 0.1) is 10.6 Å². The third-order valence-corrected chi connectivity index (χ3v) is 4.94. The largest absolute Gasteiger partial charge is 0.480 e. The molecule has 20 heavy (non-hydrogen) atoms. The van der Waals surface area contributed by atoms with Crippen molar-refractivity contribution < 1.29 is 26.7 Å². The van der Waals surface area contributed by atoms with Crippen LogP contribution in [0.5, 0.6) is 0 Å². The van der Waals surface area contributed by atoms with Crippen molar-refractivity contribution >= 4 is 31.7 Å². The molecule has 0 aliphatic heterocycles. The molecule has 0 radical (unpaired) electrons. The van der Waals surface area contributed by atoms with E-state index in [0.717, 1.165) is 6.07 Å². The van der Waals surface area contributed by atoms with Gasteiger partial charge >= 0.3 is 5.97 Å². The Labute approximate surface area is 116 Å². The predicted octanol–water partition coefficient (Wildman–Crippen LogP) is -0.271. The standard InChI is InChI=1S/C10H14N2O6S2/c1-7-3-4-8(20(17,18)11-2)5-9(7)12-19(15,16)6-10(13)14/h3-5,11-12H,6H2,1-2H3,(H,13,14). The Bertz CT molecular complexity index is 724. The fraction of sp³-hybridized carbons (Fsp3) is 0.300. The van der Waals surface area contributed by atoms with Crippen molar-refractivity contribution in [2.75, 3.05) is 17.5 Å². The van der Waals surface area contributed by atoms with Crippen molar-refractivity contribution in [1.82, 2.24) is 4.72 Å². The molecule has 0 aliphatic rings. The molecular formula is C10H14N2O6S2. The predicted molar refractivity (Wildman–Crippen MR) is 72.5 cm³/mol. The van der Waals surface area contributed by atoms with E-state index in [1.54, 1.807) is 6.92 Å². The quantitative estimate of drug-likeness (QED) is 0.661. The molecule has 0 aromatic heterocycles. The Hall–Kier alpha value is -1.65. The van der Waals surface area contributed by atoms with Crippen molar-refractivity contribution in [3.05, 3.63) is 23.8 Å². The summed E-state index contributed by atoms with van der Waals surface area (Å²) in [6, 6.07) is 3.86. The number of hydrogen-bond donors (Lipinski definition) is 3. The smallest absolute Gasteiger partial charge is 0.320 e. The molecular weight excluding hydrogens is 308 g/mol. The van der Waals surface area contributed by atoms with Gasteiger partial charge in [0.1, 0.15) is 0 Å². The van der Waals surface area contributed by atoms with Crippen LogP contribution < -0.4 is 9.44 Å². The molecule has 0 aliphatic carbocycles. The highest BCUT2D eigenvalue weighted by Crippen LogP contribution is 2.21. The van der Waals surface area contributed by atoms with Gasteiger partial charge in [0.2, 0.25) is 20.0 Å². The number of nitrogens with one attached hydrogen (secondary N) is 2. The second-order valence-corrected chi connectivity index (χ2v) is 7.55. The van der Waals surface area contributed by atoms with Gasteiger partial charge in [-0.05, 0) is 31.7 Å². The van der Waals surface area contributed by atoms with Crippen LogP contribution in [0.2, 0.25) is 0 Å². The third-order valence-electron chi connectivity index (χ3n) is 2.37. The number of rotatable bonds is 6. The SMILES string of the molecule is CNS(=O)(=O)c1ccc(C)c(NS(=O)(=O)CC(=O)O)c1. The molecule has 112 valence electrons. The normalized spacial score (nSPS) is 12.1. The molecule has 1 aromatic carbocycles. The maximum absolute atomic E-state index is 11.6. The molecule has 0 atom stereocenters. The van der Waals surface area contributed by atoms with Crippen LogP contribution in [0.1, 0.15) is 5.56 Å². The Morgan fingerprint density at radius 2 is 1.85 bits per heavy atom. The summed E-state index contributed by atoms with van der Waals surface area (Å²) in [6.45, 7) is 1.56. The molecule has 3 N–H and O–H groups in total. The minimum atomic E-state index is -4.09. The monoisotopic (exact) mass is 322 g/mol. The average Bonchev–Trinajstić information content (AvgIpc) is 2.29. The maximum atomic E-state index is 11.6. The van der Waals surface area contributed by atoms with E-state index < -0.39 is 31.8 Å². The summed E-state index contributed by atoms with van der Waals surface area (Å²) < 4.78 is 50.5. The summed E-state index contributed by atoms with van der Waals surface area (Å²) >= 11 is 0. The zero-order valence-electron chi connectivity index (χ0n) is 10.7. The van der Waals surface area contributed by atoms with Crippen LogP contribution in [0.4, 0.5) is 5.69 Å². The first-order valence-corrected chi connectivity index (χ1v) is 8.47. The van der Waals surface area contributed by atoms with Crippen LogP contribution >= 0.6 is 0 Å². The van der Waals surface area contributed by atoms with Gasteiger partial charge in [-0.3, -0.25) is 9.52 Å². The van der Waals surface area contributed by atoms with Crippen LogP contribution in [-0.2, 0) is 24.8 Å². The number of benzene rings is 1. The summed E-state index contributed by atoms with van der Waals surface area (Å²) in [4.78, 5) is 10.3. The molecule has 0 bridgehead atoms. The molecule has 1 aromatic rings. The number of aryl methyl sites for hydroxylation is 1. The van der Waals surface area contributed by atoms with Gasteiger partial charge in [0.15, 0.2) is 5.75 Å². The van der Waals surface area contributed by atoms with E-state index in [2.05, 4.69) is 9.44 Å². The summed E-state index contributed by atoms with van der Waals surface area (Å²) in [7, 11) is -6.58. The molecule has 1 rings (SSSR count).